The van der Waals surface area contributed by atoms with Crippen molar-refractivity contribution in [2.45, 2.75) is 26.9 Å². The summed E-state index contributed by atoms with van der Waals surface area (Å²) in [5.41, 5.74) is 6.37. The number of carbonyl (C=O) groups excluding carboxylic acids is 2. The lowest BCUT2D eigenvalue weighted by atomic mass is 10.2. The highest BCUT2D eigenvalue weighted by atomic mass is 32.1. The number of hydrogen-bond donors (Lipinski definition) is 2. The summed E-state index contributed by atoms with van der Waals surface area (Å²) in [6.45, 7) is 5.84. The summed E-state index contributed by atoms with van der Waals surface area (Å²) in [5.74, 6) is 0.360. The maximum absolute atomic E-state index is 12.5. The van der Waals surface area contributed by atoms with Crippen LogP contribution in [0.25, 0.3) is 10.6 Å². The van der Waals surface area contributed by atoms with Crippen LogP contribution < -0.4 is 20.3 Å². The summed E-state index contributed by atoms with van der Waals surface area (Å²) >= 11 is 1.27. The summed E-state index contributed by atoms with van der Waals surface area (Å²) in [5, 5.41) is 0.747. The number of amides is 2. The Kier molecular flexibility index (Phi) is 7.03. The van der Waals surface area contributed by atoms with Gasteiger partial charge in [0.15, 0.2) is 6.10 Å². The van der Waals surface area contributed by atoms with Crippen LogP contribution in [0.5, 0.6) is 11.5 Å². The number of thiazole rings is 1. The summed E-state index contributed by atoms with van der Waals surface area (Å²) in [7, 11) is 0. The van der Waals surface area contributed by atoms with Gasteiger partial charge < -0.3 is 9.47 Å². The van der Waals surface area contributed by atoms with Gasteiger partial charge in [0, 0.05) is 5.56 Å². The van der Waals surface area contributed by atoms with E-state index in [0.29, 0.717) is 22.9 Å². The van der Waals surface area contributed by atoms with E-state index >= 15 is 0 Å². The van der Waals surface area contributed by atoms with Crippen molar-refractivity contribution >= 4 is 23.2 Å². The maximum atomic E-state index is 12.5. The number of benzene rings is 2. The fourth-order valence-corrected chi connectivity index (χ4v) is 3.59. The largest absolute Gasteiger partial charge is 0.494 e. The minimum Gasteiger partial charge on any atom is -0.494 e. The molecule has 2 amide bonds. The molecule has 1 aromatic heterocycles. The van der Waals surface area contributed by atoms with Crippen LogP contribution in [0.4, 0.5) is 0 Å². The lowest BCUT2D eigenvalue weighted by Crippen LogP contribution is -2.47. The highest BCUT2D eigenvalue weighted by Gasteiger charge is 2.19. The van der Waals surface area contributed by atoms with E-state index in [1.54, 1.807) is 38.1 Å². The number of aryl methyl sites for hydroxylation is 1. The number of rotatable bonds is 7. The Morgan fingerprint density at radius 3 is 2.37 bits per heavy atom. The molecule has 1 atom stereocenters. The molecule has 0 aliphatic heterocycles. The molecule has 2 N–H and O–H groups in total. The first-order valence-corrected chi connectivity index (χ1v) is 10.3. The molecular formula is C22H23N3O4S. The molecule has 3 rings (SSSR count). The molecule has 0 saturated heterocycles. The molecule has 0 radical (unpaired) electrons. The molecule has 0 aliphatic carbocycles. The van der Waals surface area contributed by atoms with Crippen molar-refractivity contribution in [2.75, 3.05) is 6.61 Å². The Labute approximate surface area is 179 Å². The lowest BCUT2D eigenvalue weighted by Gasteiger charge is -2.15. The van der Waals surface area contributed by atoms with Crippen molar-refractivity contribution in [3.63, 3.8) is 0 Å². The van der Waals surface area contributed by atoms with Crippen LogP contribution in [-0.4, -0.2) is 29.5 Å². The highest BCUT2D eigenvalue weighted by Crippen LogP contribution is 2.27. The van der Waals surface area contributed by atoms with Crippen molar-refractivity contribution in [3.05, 3.63) is 65.2 Å². The van der Waals surface area contributed by atoms with Crippen molar-refractivity contribution < 1.29 is 19.1 Å². The second kappa shape index (κ2) is 9.89. The predicted molar refractivity (Wildman–Crippen MR) is 116 cm³/mol. The molecule has 8 heteroatoms. The Hall–Kier alpha value is -3.39. The molecule has 0 aliphatic rings. The van der Waals surface area contributed by atoms with Crippen molar-refractivity contribution in [2.24, 2.45) is 0 Å². The Bertz CT molecular complexity index is 1000. The van der Waals surface area contributed by atoms with Gasteiger partial charge in [-0.15, -0.1) is 11.3 Å². The average molecular weight is 426 g/mol. The van der Waals surface area contributed by atoms with E-state index in [4.69, 9.17) is 9.47 Å². The number of carbonyl (C=O) groups is 2. The fourth-order valence-electron chi connectivity index (χ4n) is 2.63. The minimum atomic E-state index is -0.800. The molecule has 156 valence electrons. The fraction of sp³-hybridized carbons (Fsp3) is 0.227. The minimum absolute atomic E-state index is 0.422. The van der Waals surface area contributed by atoms with Gasteiger partial charge in [-0.3, -0.25) is 20.4 Å². The van der Waals surface area contributed by atoms with E-state index in [1.807, 2.05) is 37.3 Å². The average Bonchev–Trinajstić information content (AvgIpc) is 3.15. The number of hydrogen-bond acceptors (Lipinski definition) is 6. The van der Waals surface area contributed by atoms with Gasteiger partial charge in [-0.05, 0) is 45.0 Å². The quantitative estimate of drug-likeness (QED) is 0.563. The molecule has 0 bridgehead atoms. The standard InChI is InChI=1S/C22H23N3O4S/c1-4-28-17-10-12-18(13-11-17)29-15(3)20(26)24-25-21(27)19-14(2)23-22(30-19)16-8-6-5-7-9-16/h5-13,15H,4H2,1-3H3,(H,24,26)(H,25,27). The first kappa shape index (κ1) is 21.3. The van der Waals surface area contributed by atoms with Crippen molar-refractivity contribution in [1.29, 1.82) is 0 Å². The summed E-state index contributed by atoms with van der Waals surface area (Å²) in [6.07, 6.45) is -0.800. The van der Waals surface area contributed by atoms with Crippen molar-refractivity contribution in [3.8, 4) is 22.1 Å². The molecular weight excluding hydrogens is 402 g/mol. The predicted octanol–water partition coefficient (Wildman–Crippen LogP) is 3.75. The van der Waals surface area contributed by atoms with Gasteiger partial charge in [-0.2, -0.15) is 0 Å². The van der Waals surface area contributed by atoms with E-state index in [9.17, 15) is 9.59 Å². The molecule has 2 aromatic carbocycles. The van der Waals surface area contributed by atoms with E-state index in [1.165, 1.54) is 11.3 Å². The lowest BCUT2D eigenvalue weighted by molar-refractivity contribution is -0.128. The maximum Gasteiger partial charge on any atom is 0.281 e. The van der Waals surface area contributed by atoms with Gasteiger partial charge >= 0.3 is 0 Å². The van der Waals surface area contributed by atoms with Gasteiger partial charge in [0.25, 0.3) is 11.8 Å². The zero-order valence-electron chi connectivity index (χ0n) is 17.0. The SMILES string of the molecule is CCOc1ccc(OC(C)C(=O)NNC(=O)c2sc(-c3ccccc3)nc2C)cc1. The third-order valence-electron chi connectivity index (χ3n) is 4.14. The summed E-state index contributed by atoms with van der Waals surface area (Å²) in [4.78, 5) is 29.7. The smallest absolute Gasteiger partial charge is 0.281 e. The van der Waals surface area contributed by atoms with Gasteiger partial charge in [0.1, 0.15) is 21.4 Å². The zero-order valence-corrected chi connectivity index (χ0v) is 17.8. The van der Waals surface area contributed by atoms with Gasteiger partial charge in [0.2, 0.25) is 0 Å². The molecule has 3 aromatic rings. The molecule has 1 heterocycles. The molecule has 30 heavy (non-hydrogen) atoms. The monoisotopic (exact) mass is 425 g/mol. The Morgan fingerprint density at radius 1 is 1.03 bits per heavy atom. The third kappa shape index (κ3) is 5.36. The first-order valence-electron chi connectivity index (χ1n) is 9.50. The summed E-state index contributed by atoms with van der Waals surface area (Å²) in [6, 6.07) is 16.6. The van der Waals surface area contributed by atoms with Crippen LogP contribution in [0.3, 0.4) is 0 Å². The number of hydrazine groups is 1. The van der Waals surface area contributed by atoms with Crippen LogP contribution in [0.2, 0.25) is 0 Å². The highest BCUT2D eigenvalue weighted by molar-refractivity contribution is 7.17. The Balaban J connectivity index is 1.55. The normalized spacial score (nSPS) is 11.4. The van der Waals surface area contributed by atoms with Crippen LogP contribution in [0.15, 0.2) is 54.6 Å². The second-order valence-corrected chi connectivity index (χ2v) is 7.41. The van der Waals surface area contributed by atoms with Crippen molar-refractivity contribution in [1.82, 2.24) is 15.8 Å². The topological polar surface area (TPSA) is 89.5 Å². The van der Waals surface area contributed by atoms with Crippen LogP contribution in [-0.2, 0) is 4.79 Å². The third-order valence-corrected chi connectivity index (χ3v) is 5.34. The Morgan fingerprint density at radius 2 is 1.70 bits per heavy atom. The molecule has 0 fully saturated rings. The summed E-state index contributed by atoms with van der Waals surface area (Å²) < 4.78 is 11.0. The number of aromatic nitrogens is 1. The molecule has 0 saturated carbocycles. The van der Waals surface area contributed by atoms with Gasteiger partial charge in [-0.1, -0.05) is 30.3 Å². The second-order valence-electron chi connectivity index (χ2n) is 6.41. The number of nitrogens with zero attached hydrogens (tertiary/aromatic N) is 1. The first-order chi connectivity index (χ1) is 14.5. The van der Waals surface area contributed by atoms with E-state index in [-0.39, 0.29) is 0 Å². The van der Waals surface area contributed by atoms with E-state index < -0.39 is 17.9 Å². The number of ether oxygens (including phenoxy) is 2. The molecule has 1 unspecified atom stereocenters. The zero-order chi connectivity index (χ0) is 21.5. The van der Waals surface area contributed by atoms with Crippen LogP contribution in [0.1, 0.15) is 29.2 Å². The van der Waals surface area contributed by atoms with Gasteiger partial charge in [0.05, 0.1) is 12.3 Å². The molecule has 0 spiro atoms. The van der Waals surface area contributed by atoms with Crippen LogP contribution >= 0.6 is 11.3 Å². The van der Waals surface area contributed by atoms with E-state index in [2.05, 4.69) is 15.8 Å². The number of nitrogens with one attached hydrogen (secondary N) is 2. The van der Waals surface area contributed by atoms with Crippen LogP contribution in [0, 0.1) is 6.92 Å². The van der Waals surface area contributed by atoms with E-state index in [0.717, 1.165) is 16.3 Å². The molecule has 7 nitrogen and oxygen atoms in total. The van der Waals surface area contributed by atoms with Gasteiger partial charge in [-0.25, -0.2) is 4.98 Å².